The first-order chi connectivity index (χ1) is 11.6. The third-order valence-corrected chi connectivity index (χ3v) is 3.71. The summed E-state index contributed by atoms with van der Waals surface area (Å²) < 4.78 is 32.4. The molecule has 2 aromatic rings. The summed E-state index contributed by atoms with van der Waals surface area (Å²) in [7, 11) is 0. The minimum Gasteiger partial charge on any atom is -0.378 e. The molecule has 8 heteroatoms. The zero-order valence-electron chi connectivity index (χ0n) is 12.8. The molecule has 0 spiro atoms. The van der Waals surface area contributed by atoms with Gasteiger partial charge in [-0.2, -0.15) is 0 Å². The predicted molar refractivity (Wildman–Crippen MR) is 82.6 cm³/mol. The zero-order valence-corrected chi connectivity index (χ0v) is 12.8. The van der Waals surface area contributed by atoms with Gasteiger partial charge in [0.1, 0.15) is 29.5 Å². The topological polar surface area (TPSA) is 67.4 Å². The van der Waals surface area contributed by atoms with Crippen LogP contribution in [0, 0.1) is 11.6 Å². The van der Waals surface area contributed by atoms with E-state index in [4.69, 9.17) is 4.74 Å². The molecule has 1 aromatic heterocycles. The highest BCUT2D eigenvalue weighted by molar-refractivity contribution is 5.92. The molecule has 0 radical (unpaired) electrons. The number of carbonyl (C=O) groups is 1. The Balaban J connectivity index is 1.69. The van der Waals surface area contributed by atoms with E-state index in [2.05, 4.69) is 15.3 Å². The van der Waals surface area contributed by atoms with Crippen LogP contribution in [0.3, 0.4) is 0 Å². The number of benzene rings is 1. The van der Waals surface area contributed by atoms with Crippen molar-refractivity contribution in [3.63, 3.8) is 0 Å². The van der Waals surface area contributed by atoms with Gasteiger partial charge in [-0.05, 0) is 12.1 Å². The van der Waals surface area contributed by atoms with Crippen LogP contribution in [0.25, 0.3) is 0 Å². The van der Waals surface area contributed by atoms with Crippen molar-refractivity contribution in [1.29, 1.82) is 0 Å². The fraction of sp³-hybridized carbons (Fsp3) is 0.312. The van der Waals surface area contributed by atoms with Gasteiger partial charge >= 0.3 is 0 Å². The Labute approximate surface area is 137 Å². The highest BCUT2D eigenvalue weighted by Crippen LogP contribution is 2.14. The number of nitrogens with one attached hydrogen (secondary N) is 1. The lowest BCUT2D eigenvalue weighted by Gasteiger charge is -2.27. The van der Waals surface area contributed by atoms with Gasteiger partial charge in [0, 0.05) is 31.3 Å². The van der Waals surface area contributed by atoms with Gasteiger partial charge in [-0.15, -0.1) is 0 Å². The summed E-state index contributed by atoms with van der Waals surface area (Å²) in [6, 6.07) is 5.12. The Hall–Kier alpha value is -2.61. The van der Waals surface area contributed by atoms with E-state index in [1.165, 1.54) is 12.4 Å². The second-order valence-corrected chi connectivity index (χ2v) is 5.24. The molecule has 3 rings (SSSR count). The van der Waals surface area contributed by atoms with Gasteiger partial charge in [0.05, 0.1) is 13.2 Å². The second-order valence-electron chi connectivity index (χ2n) is 5.24. The molecule has 126 valence electrons. The first-order valence-electron chi connectivity index (χ1n) is 7.51. The number of aromatic nitrogens is 2. The molecule has 0 aliphatic carbocycles. The molecule has 1 amide bonds. The van der Waals surface area contributed by atoms with Gasteiger partial charge in [-0.3, -0.25) is 4.79 Å². The molecule has 0 saturated carbocycles. The van der Waals surface area contributed by atoms with Gasteiger partial charge in [0.15, 0.2) is 0 Å². The molecule has 1 aliphatic rings. The van der Waals surface area contributed by atoms with Crippen molar-refractivity contribution in [3.05, 3.63) is 53.5 Å². The minimum atomic E-state index is -0.702. The molecule has 1 N–H and O–H groups in total. The Morgan fingerprint density at radius 1 is 1.21 bits per heavy atom. The number of nitrogens with zero attached hydrogens (tertiary/aromatic N) is 3. The molecule has 6 nitrogen and oxygen atoms in total. The van der Waals surface area contributed by atoms with Crippen LogP contribution in [0.15, 0.2) is 30.6 Å². The standard InChI is InChI=1S/C16H16F2N4O2/c17-12-2-1-3-13(18)11(12)9-19-16(23)14-8-15(21-10-20-14)22-4-6-24-7-5-22/h1-3,8,10H,4-7,9H2,(H,19,23). The van der Waals surface area contributed by atoms with Gasteiger partial charge in [-0.25, -0.2) is 18.7 Å². The van der Waals surface area contributed by atoms with Crippen LogP contribution in [-0.4, -0.2) is 42.2 Å². The summed E-state index contributed by atoms with van der Waals surface area (Å²) in [6.07, 6.45) is 1.30. The van der Waals surface area contributed by atoms with E-state index in [1.807, 2.05) is 4.90 Å². The minimum absolute atomic E-state index is 0.142. The molecular formula is C16H16F2N4O2. The molecule has 0 atom stereocenters. The fourth-order valence-electron chi connectivity index (χ4n) is 2.40. The first kappa shape index (κ1) is 16.3. The van der Waals surface area contributed by atoms with E-state index in [9.17, 15) is 13.6 Å². The molecule has 24 heavy (non-hydrogen) atoms. The molecule has 0 unspecified atom stereocenters. The summed E-state index contributed by atoms with van der Waals surface area (Å²) in [4.78, 5) is 22.2. The molecule has 1 saturated heterocycles. The zero-order chi connectivity index (χ0) is 16.9. The quantitative estimate of drug-likeness (QED) is 0.918. The van der Waals surface area contributed by atoms with Crippen LogP contribution in [0.2, 0.25) is 0 Å². The van der Waals surface area contributed by atoms with E-state index in [1.54, 1.807) is 6.07 Å². The Morgan fingerprint density at radius 2 is 1.92 bits per heavy atom. The van der Waals surface area contributed by atoms with Crippen molar-refractivity contribution >= 4 is 11.7 Å². The fourth-order valence-corrected chi connectivity index (χ4v) is 2.40. The van der Waals surface area contributed by atoms with E-state index < -0.39 is 17.5 Å². The number of amides is 1. The molecule has 1 fully saturated rings. The lowest BCUT2D eigenvalue weighted by Crippen LogP contribution is -2.37. The number of halogens is 2. The smallest absolute Gasteiger partial charge is 0.270 e. The van der Waals surface area contributed by atoms with Crippen molar-refractivity contribution in [2.24, 2.45) is 0 Å². The third kappa shape index (κ3) is 3.65. The molecule has 0 bridgehead atoms. The van der Waals surface area contributed by atoms with Crippen LogP contribution >= 0.6 is 0 Å². The largest absolute Gasteiger partial charge is 0.378 e. The molecular weight excluding hydrogens is 318 g/mol. The predicted octanol–water partition coefficient (Wildman–Crippen LogP) is 1.52. The maximum absolute atomic E-state index is 13.6. The van der Waals surface area contributed by atoms with E-state index in [-0.39, 0.29) is 17.8 Å². The second kappa shape index (κ2) is 7.31. The number of anilines is 1. The Bertz CT molecular complexity index is 716. The van der Waals surface area contributed by atoms with Crippen molar-refractivity contribution < 1.29 is 18.3 Å². The van der Waals surface area contributed by atoms with Crippen LogP contribution in [0.4, 0.5) is 14.6 Å². The highest BCUT2D eigenvalue weighted by Gasteiger charge is 2.16. The van der Waals surface area contributed by atoms with Gasteiger partial charge in [0.2, 0.25) is 0 Å². The lowest BCUT2D eigenvalue weighted by atomic mass is 10.2. The van der Waals surface area contributed by atoms with Crippen LogP contribution in [-0.2, 0) is 11.3 Å². The summed E-state index contributed by atoms with van der Waals surface area (Å²) in [5.74, 6) is -1.30. The third-order valence-electron chi connectivity index (χ3n) is 3.71. The van der Waals surface area contributed by atoms with E-state index >= 15 is 0 Å². The number of hydrogen-bond acceptors (Lipinski definition) is 5. The highest BCUT2D eigenvalue weighted by atomic mass is 19.1. The first-order valence-corrected chi connectivity index (χ1v) is 7.51. The number of ether oxygens (including phenoxy) is 1. The summed E-state index contributed by atoms with van der Waals surface area (Å²) in [6.45, 7) is 2.29. The Morgan fingerprint density at radius 3 is 2.62 bits per heavy atom. The number of rotatable bonds is 4. The van der Waals surface area contributed by atoms with Crippen LogP contribution < -0.4 is 10.2 Å². The van der Waals surface area contributed by atoms with Gasteiger partial charge in [-0.1, -0.05) is 6.07 Å². The number of hydrogen-bond donors (Lipinski definition) is 1. The average molecular weight is 334 g/mol. The van der Waals surface area contributed by atoms with Gasteiger partial charge in [0.25, 0.3) is 5.91 Å². The van der Waals surface area contributed by atoms with Crippen molar-refractivity contribution in [2.45, 2.75) is 6.54 Å². The molecule has 1 aromatic carbocycles. The van der Waals surface area contributed by atoms with E-state index in [0.717, 1.165) is 12.1 Å². The number of carbonyl (C=O) groups excluding carboxylic acids is 1. The van der Waals surface area contributed by atoms with Crippen molar-refractivity contribution in [2.75, 3.05) is 31.2 Å². The van der Waals surface area contributed by atoms with Crippen LogP contribution in [0.5, 0.6) is 0 Å². The summed E-state index contributed by atoms with van der Waals surface area (Å²) in [5.41, 5.74) is -0.0449. The van der Waals surface area contributed by atoms with E-state index in [0.29, 0.717) is 32.1 Å². The summed E-state index contributed by atoms with van der Waals surface area (Å²) in [5, 5.41) is 2.47. The SMILES string of the molecule is O=C(NCc1c(F)cccc1F)c1cc(N2CCOCC2)ncn1. The van der Waals surface area contributed by atoms with Crippen LogP contribution in [0.1, 0.15) is 16.1 Å². The van der Waals surface area contributed by atoms with Crippen molar-refractivity contribution in [3.8, 4) is 0 Å². The molecule has 1 aliphatic heterocycles. The monoisotopic (exact) mass is 334 g/mol. The normalized spacial score (nSPS) is 14.5. The number of morpholine rings is 1. The van der Waals surface area contributed by atoms with Crippen molar-refractivity contribution in [1.82, 2.24) is 15.3 Å². The van der Waals surface area contributed by atoms with Gasteiger partial charge < -0.3 is 15.0 Å². The Kier molecular flexibility index (Phi) is 4.95. The lowest BCUT2D eigenvalue weighted by molar-refractivity contribution is 0.0945. The average Bonchev–Trinajstić information content (AvgIpc) is 2.62. The summed E-state index contributed by atoms with van der Waals surface area (Å²) >= 11 is 0. The maximum atomic E-state index is 13.6. The molecule has 2 heterocycles. The maximum Gasteiger partial charge on any atom is 0.270 e.